The molecule has 0 atom stereocenters. The topological polar surface area (TPSA) is 78.1 Å². The van der Waals surface area contributed by atoms with Gasteiger partial charge >= 0.3 is 5.97 Å². The molecule has 0 saturated heterocycles. The van der Waals surface area contributed by atoms with Crippen LogP contribution in [0.2, 0.25) is 0 Å². The molecule has 1 aromatic rings. The summed E-state index contributed by atoms with van der Waals surface area (Å²) in [5.41, 5.74) is 7.18. The van der Waals surface area contributed by atoms with Crippen LogP contribution in [-0.2, 0) is 9.53 Å². The lowest BCUT2D eigenvalue weighted by Gasteiger charge is -2.05. The number of thioether (sulfide) groups is 1. The van der Waals surface area contributed by atoms with Gasteiger partial charge in [-0.15, -0.1) is 0 Å². The van der Waals surface area contributed by atoms with Gasteiger partial charge in [-0.3, -0.25) is 0 Å². The zero-order valence-electron chi connectivity index (χ0n) is 10.1. The summed E-state index contributed by atoms with van der Waals surface area (Å²) in [5, 5.41) is 0.619. The van der Waals surface area contributed by atoms with E-state index >= 15 is 0 Å². The Morgan fingerprint density at radius 1 is 1.53 bits per heavy atom. The molecule has 6 heteroatoms. The maximum absolute atomic E-state index is 11.2. The highest BCUT2D eigenvalue weighted by Gasteiger charge is 2.06. The van der Waals surface area contributed by atoms with Crippen LogP contribution in [0.4, 0.5) is 5.82 Å². The number of esters is 1. The molecule has 0 radical (unpaired) electrons. The van der Waals surface area contributed by atoms with E-state index < -0.39 is 5.97 Å². The number of aromatic nitrogens is 2. The third-order valence-electron chi connectivity index (χ3n) is 2.00. The van der Waals surface area contributed by atoms with E-state index in [2.05, 4.69) is 9.97 Å². The summed E-state index contributed by atoms with van der Waals surface area (Å²) in [5.74, 6) is -0.0392. The number of anilines is 1. The highest BCUT2D eigenvalue weighted by Crippen LogP contribution is 2.18. The molecular weight excluding hydrogens is 238 g/mol. The van der Waals surface area contributed by atoms with Gasteiger partial charge < -0.3 is 10.5 Å². The molecule has 0 fully saturated rings. The first kappa shape index (κ1) is 13.5. The van der Waals surface area contributed by atoms with Gasteiger partial charge in [0, 0.05) is 11.6 Å². The van der Waals surface area contributed by atoms with Gasteiger partial charge in [0.2, 0.25) is 0 Å². The molecule has 0 aromatic carbocycles. The second-order valence-electron chi connectivity index (χ2n) is 3.18. The van der Waals surface area contributed by atoms with Crippen molar-refractivity contribution in [2.75, 3.05) is 18.6 Å². The van der Waals surface area contributed by atoms with Gasteiger partial charge in [0.05, 0.1) is 12.3 Å². The van der Waals surface area contributed by atoms with Crippen LogP contribution in [0, 0.1) is 6.92 Å². The number of ether oxygens (including phenoxy) is 1. The molecule has 1 aromatic heterocycles. The lowest BCUT2D eigenvalue weighted by Crippen LogP contribution is -2.03. The molecule has 0 bridgehead atoms. The van der Waals surface area contributed by atoms with Gasteiger partial charge in [0.25, 0.3) is 0 Å². The fourth-order valence-corrected chi connectivity index (χ4v) is 1.63. The Labute approximate surface area is 104 Å². The minimum atomic E-state index is -0.403. The molecule has 17 heavy (non-hydrogen) atoms. The fourth-order valence-electron chi connectivity index (χ4n) is 1.22. The number of hydrogen-bond acceptors (Lipinski definition) is 6. The van der Waals surface area contributed by atoms with Gasteiger partial charge in [-0.05, 0) is 26.2 Å². The summed E-state index contributed by atoms with van der Waals surface area (Å²) < 4.78 is 4.78. The van der Waals surface area contributed by atoms with E-state index in [0.29, 0.717) is 23.1 Å². The Kier molecular flexibility index (Phi) is 4.96. The normalized spacial score (nSPS) is 10.8. The van der Waals surface area contributed by atoms with E-state index in [4.69, 9.17) is 10.5 Å². The third-order valence-corrected chi connectivity index (χ3v) is 2.55. The molecule has 2 N–H and O–H groups in total. The highest BCUT2D eigenvalue weighted by atomic mass is 32.2. The fraction of sp³-hybridized carbons (Fsp3) is 0.364. The number of nitrogen functional groups attached to an aromatic ring is 1. The van der Waals surface area contributed by atoms with Crippen LogP contribution in [-0.4, -0.2) is 28.8 Å². The molecule has 0 spiro atoms. The van der Waals surface area contributed by atoms with E-state index in [-0.39, 0.29) is 0 Å². The molecule has 0 saturated carbocycles. The predicted molar refractivity (Wildman–Crippen MR) is 68.6 cm³/mol. The summed E-state index contributed by atoms with van der Waals surface area (Å²) in [6.45, 7) is 3.92. The molecule has 92 valence electrons. The van der Waals surface area contributed by atoms with Gasteiger partial charge in [-0.25, -0.2) is 14.8 Å². The van der Waals surface area contributed by atoms with Crippen molar-refractivity contribution in [3.05, 3.63) is 17.3 Å². The van der Waals surface area contributed by atoms with Crippen LogP contribution in [0.1, 0.15) is 18.2 Å². The quantitative estimate of drug-likeness (QED) is 0.380. The lowest BCUT2D eigenvalue weighted by atomic mass is 10.2. The number of nitrogens with two attached hydrogens (primary N) is 1. The Bertz CT molecular complexity index is 423. The first-order chi connectivity index (χ1) is 8.08. The lowest BCUT2D eigenvalue weighted by molar-refractivity contribution is -0.137. The van der Waals surface area contributed by atoms with Crippen molar-refractivity contribution in [3.63, 3.8) is 0 Å². The smallest absolute Gasteiger partial charge is 0.330 e. The largest absolute Gasteiger partial charge is 0.463 e. The van der Waals surface area contributed by atoms with Crippen molar-refractivity contribution in [1.29, 1.82) is 0 Å². The molecule has 0 aliphatic rings. The zero-order valence-corrected chi connectivity index (χ0v) is 10.9. The van der Waals surface area contributed by atoms with Crippen LogP contribution in [0.25, 0.3) is 6.08 Å². The highest BCUT2D eigenvalue weighted by molar-refractivity contribution is 7.98. The summed E-state index contributed by atoms with van der Waals surface area (Å²) >= 11 is 1.42. The Balaban J connectivity index is 2.95. The van der Waals surface area contributed by atoms with Crippen molar-refractivity contribution < 1.29 is 9.53 Å². The third kappa shape index (κ3) is 3.74. The van der Waals surface area contributed by atoms with E-state index in [0.717, 1.165) is 5.69 Å². The summed E-state index contributed by atoms with van der Waals surface area (Å²) in [7, 11) is 0. The van der Waals surface area contributed by atoms with Crippen LogP contribution in [0.5, 0.6) is 0 Å². The van der Waals surface area contributed by atoms with E-state index in [9.17, 15) is 4.79 Å². The van der Waals surface area contributed by atoms with Crippen molar-refractivity contribution in [2.45, 2.75) is 19.0 Å². The number of carbonyl (C=O) groups excluding carboxylic acids is 1. The van der Waals surface area contributed by atoms with Crippen LogP contribution < -0.4 is 5.73 Å². The molecule has 0 unspecified atom stereocenters. The summed E-state index contributed by atoms with van der Waals surface area (Å²) in [6, 6.07) is 0. The van der Waals surface area contributed by atoms with Gasteiger partial charge in [-0.1, -0.05) is 11.8 Å². The molecule has 0 amide bonds. The van der Waals surface area contributed by atoms with Crippen LogP contribution in [0.15, 0.2) is 11.2 Å². The number of hydrogen-bond donors (Lipinski definition) is 1. The zero-order chi connectivity index (χ0) is 12.8. The first-order valence-corrected chi connectivity index (χ1v) is 6.33. The second-order valence-corrected chi connectivity index (χ2v) is 3.95. The summed E-state index contributed by atoms with van der Waals surface area (Å²) in [6.07, 6.45) is 4.78. The molecule has 5 nitrogen and oxygen atoms in total. The minimum Gasteiger partial charge on any atom is -0.463 e. The Morgan fingerprint density at radius 2 is 2.24 bits per heavy atom. The first-order valence-electron chi connectivity index (χ1n) is 5.11. The molecule has 0 aliphatic carbocycles. The van der Waals surface area contributed by atoms with E-state index in [1.165, 1.54) is 17.8 Å². The van der Waals surface area contributed by atoms with Crippen molar-refractivity contribution in [3.8, 4) is 0 Å². The Morgan fingerprint density at radius 3 is 2.76 bits per heavy atom. The van der Waals surface area contributed by atoms with Crippen LogP contribution >= 0.6 is 11.8 Å². The molecule has 0 aliphatic heterocycles. The monoisotopic (exact) mass is 253 g/mol. The molecule has 1 heterocycles. The SMILES string of the molecule is CCOC(=O)/C=C/c1c(C)nc(SC)nc1N. The average molecular weight is 253 g/mol. The van der Waals surface area contributed by atoms with Crippen LogP contribution in [0.3, 0.4) is 0 Å². The van der Waals surface area contributed by atoms with E-state index in [1.807, 2.05) is 13.2 Å². The maximum atomic E-state index is 11.2. The maximum Gasteiger partial charge on any atom is 0.330 e. The van der Waals surface area contributed by atoms with Crippen molar-refractivity contribution >= 4 is 29.6 Å². The van der Waals surface area contributed by atoms with Gasteiger partial charge in [0.1, 0.15) is 5.82 Å². The predicted octanol–water partition coefficient (Wildman–Crippen LogP) is 1.67. The number of rotatable bonds is 4. The van der Waals surface area contributed by atoms with Gasteiger partial charge in [0.15, 0.2) is 5.16 Å². The minimum absolute atomic E-state index is 0.347. The molecular formula is C11H15N3O2S. The standard InChI is InChI=1S/C11H15N3O2S/c1-4-16-9(15)6-5-8-7(2)13-11(17-3)14-10(8)12/h5-6H,4H2,1-3H3,(H2,12,13,14)/b6-5+. The average Bonchev–Trinajstić information content (AvgIpc) is 2.28. The van der Waals surface area contributed by atoms with Crippen molar-refractivity contribution in [1.82, 2.24) is 9.97 Å². The number of aryl methyl sites for hydroxylation is 1. The molecule has 1 rings (SSSR count). The van der Waals surface area contributed by atoms with Crippen molar-refractivity contribution in [2.24, 2.45) is 0 Å². The van der Waals surface area contributed by atoms with Gasteiger partial charge in [-0.2, -0.15) is 0 Å². The number of nitrogens with zero attached hydrogens (tertiary/aromatic N) is 2. The second kappa shape index (κ2) is 6.24. The number of carbonyl (C=O) groups is 1. The Hall–Kier alpha value is -1.56. The van der Waals surface area contributed by atoms with E-state index in [1.54, 1.807) is 13.0 Å². The summed E-state index contributed by atoms with van der Waals surface area (Å²) in [4.78, 5) is 19.5.